The Morgan fingerprint density at radius 2 is 1.93 bits per heavy atom. The summed E-state index contributed by atoms with van der Waals surface area (Å²) in [5, 5.41) is 5.56. The maximum Gasteiger partial charge on any atom is 0.290 e. The molecule has 1 aromatic carbocycles. The number of aromatic nitrogens is 2. The first-order chi connectivity index (χ1) is 14.1. The third-order valence-electron chi connectivity index (χ3n) is 5.67. The predicted molar refractivity (Wildman–Crippen MR) is 109 cm³/mol. The Morgan fingerprint density at radius 1 is 1.17 bits per heavy atom. The van der Waals surface area contributed by atoms with Gasteiger partial charge in [0.2, 0.25) is 0 Å². The van der Waals surface area contributed by atoms with Gasteiger partial charge in [0.1, 0.15) is 5.76 Å². The van der Waals surface area contributed by atoms with Crippen molar-refractivity contribution >= 4 is 17.5 Å². The number of halogens is 1. The topological polar surface area (TPSA) is 60.5 Å². The largest absolute Gasteiger partial charge is 0.455 e. The molecule has 3 aromatic rings. The van der Waals surface area contributed by atoms with Crippen molar-refractivity contribution in [2.45, 2.75) is 26.3 Å². The average molecular weight is 412 g/mol. The summed E-state index contributed by atoms with van der Waals surface area (Å²) >= 11 is 5.98. The van der Waals surface area contributed by atoms with E-state index >= 15 is 0 Å². The molecule has 7 heteroatoms. The fourth-order valence-corrected chi connectivity index (χ4v) is 4.26. The summed E-state index contributed by atoms with van der Waals surface area (Å²) in [6, 6.07) is 7.80. The van der Waals surface area contributed by atoms with Crippen LogP contribution < -0.4 is 0 Å². The number of aryl methyl sites for hydroxylation is 2. The van der Waals surface area contributed by atoms with Gasteiger partial charge in [-0.1, -0.05) is 23.7 Å². The number of furan rings is 1. The summed E-state index contributed by atoms with van der Waals surface area (Å²) in [7, 11) is 0. The molecule has 2 aromatic heterocycles. The van der Waals surface area contributed by atoms with Gasteiger partial charge in [0, 0.05) is 41.9 Å². The Morgan fingerprint density at radius 3 is 2.69 bits per heavy atom. The molecule has 6 nitrogen and oxygen atoms in total. The zero-order chi connectivity index (χ0) is 20.0. The van der Waals surface area contributed by atoms with Gasteiger partial charge in [-0.15, -0.1) is 0 Å². The van der Waals surface area contributed by atoms with Gasteiger partial charge in [-0.3, -0.25) is 9.48 Å². The molecule has 150 valence electrons. The number of amides is 1. The molecule has 1 fully saturated rings. The summed E-state index contributed by atoms with van der Waals surface area (Å²) in [5.41, 5.74) is 5.14. The first-order valence-electron chi connectivity index (χ1n) is 9.90. The molecule has 0 bridgehead atoms. The van der Waals surface area contributed by atoms with E-state index in [9.17, 15) is 4.79 Å². The standard InChI is InChI=1S/C22H22ClN3O3/c1-14-19-18(29-21(14)22(27)25-8-10-28-11-9-25)7-4-16-13-26(24-20(16)19)12-15-2-5-17(23)6-3-15/h2-3,5-6,13H,4,7-12H2,1H3. The van der Waals surface area contributed by atoms with E-state index in [1.165, 1.54) is 5.56 Å². The van der Waals surface area contributed by atoms with Crippen LogP contribution in [0, 0.1) is 6.92 Å². The smallest absolute Gasteiger partial charge is 0.290 e. The summed E-state index contributed by atoms with van der Waals surface area (Å²) in [6.07, 6.45) is 3.75. The number of fused-ring (bicyclic) bond motifs is 3. The Balaban J connectivity index is 1.46. The zero-order valence-electron chi connectivity index (χ0n) is 16.3. The number of carbonyl (C=O) groups is 1. The van der Waals surface area contributed by atoms with E-state index < -0.39 is 0 Å². The van der Waals surface area contributed by atoms with Crippen LogP contribution in [0.4, 0.5) is 0 Å². The molecule has 29 heavy (non-hydrogen) atoms. The molecule has 1 aliphatic heterocycles. The average Bonchev–Trinajstić information content (AvgIpc) is 3.30. The van der Waals surface area contributed by atoms with Crippen molar-refractivity contribution < 1.29 is 13.9 Å². The second kappa shape index (κ2) is 7.35. The van der Waals surface area contributed by atoms with Crippen LogP contribution in [0.15, 0.2) is 34.9 Å². The third-order valence-corrected chi connectivity index (χ3v) is 5.92. The van der Waals surface area contributed by atoms with Gasteiger partial charge in [-0.2, -0.15) is 5.10 Å². The summed E-state index contributed by atoms with van der Waals surface area (Å²) in [4.78, 5) is 14.8. The number of nitrogens with zero attached hydrogens (tertiary/aromatic N) is 3. The highest BCUT2D eigenvalue weighted by molar-refractivity contribution is 6.30. The van der Waals surface area contributed by atoms with Gasteiger partial charge < -0.3 is 14.1 Å². The van der Waals surface area contributed by atoms with Crippen molar-refractivity contribution in [3.05, 3.63) is 63.7 Å². The van der Waals surface area contributed by atoms with E-state index in [1.54, 1.807) is 4.90 Å². The van der Waals surface area contributed by atoms with Crippen LogP contribution in [0.3, 0.4) is 0 Å². The number of carbonyl (C=O) groups excluding carboxylic acids is 1. The Kier molecular flexibility index (Phi) is 4.68. The van der Waals surface area contributed by atoms with Crippen molar-refractivity contribution in [2.24, 2.45) is 0 Å². The van der Waals surface area contributed by atoms with E-state index in [-0.39, 0.29) is 5.91 Å². The molecule has 1 amide bonds. The minimum Gasteiger partial charge on any atom is -0.455 e. The van der Waals surface area contributed by atoms with Crippen LogP contribution in [0.1, 0.15) is 33.0 Å². The molecule has 0 radical (unpaired) electrons. The van der Waals surface area contributed by atoms with E-state index in [0.717, 1.165) is 46.0 Å². The monoisotopic (exact) mass is 411 g/mol. The van der Waals surface area contributed by atoms with E-state index in [2.05, 4.69) is 6.20 Å². The zero-order valence-corrected chi connectivity index (χ0v) is 17.0. The van der Waals surface area contributed by atoms with E-state index in [4.69, 9.17) is 25.9 Å². The number of hydrogen-bond acceptors (Lipinski definition) is 4. The number of morpholine rings is 1. The SMILES string of the molecule is Cc1c(C(=O)N2CCOCC2)oc2c1-c1nn(Cc3ccc(Cl)cc3)cc1CC2. The lowest BCUT2D eigenvalue weighted by atomic mass is 9.93. The quantitative estimate of drug-likeness (QED) is 0.659. The molecule has 2 aliphatic rings. The summed E-state index contributed by atoms with van der Waals surface area (Å²) < 4.78 is 13.4. The van der Waals surface area contributed by atoms with Crippen LogP contribution >= 0.6 is 11.6 Å². The fourth-order valence-electron chi connectivity index (χ4n) is 4.14. The normalized spacial score (nSPS) is 15.9. The van der Waals surface area contributed by atoms with Crippen LogP contribution in [-0.2, 0) is 24.1 Å². The second-order valence-corrected chi connectivity index (χ2v) is 8.02. The van der Waals surface area contributed by atoms with Gasteiger partial charge in [0.25, 0.3) is 5.91 Å². The Labute approximate surface area is 174 Å². The van der Waals surface area contributed by atoms with Gasteiger partial charge in [0.05, 0.1) is 25.5 Å². The first-order valence-corrected chi connectivity index (χ1v) is 10.3. The molecule has 1 saturated heterocycles. The van der Waals surface area contributed by atoms with Crippen molar-refractivity contribution in [1.82, 2.24) is 14.7 Å². The van der Waals surface area contributed by atoms with Gasteiger partial charge in [0.15, 0.2) is 5.76 Å². The molecule has 0 N–H and O–H groups in total. The Hall–Kier alpha value is -2.57. The molecule has 5 rings (SSSR count). The van der Waals surface area contributed by atoms with Gasteiger partial charge in [-0.05, 0) is 36.6 Å². The van der Waals surface area contributed by atoms with Crippen LogP contribution in [0.5, 0.6) is 0 Å². The first kappa shape index (κ1) is 18.5. The maximum absolute atomic E-state index is 13.0. The molecule has 0 atom stereocenters. The van der Waals surface area contributed by atoms with Crippen LogP contribution in [0.2, 0.25) is 5.02 Å². The molecule has 3 heterocycles. The predicted octanol–water partition coefficient (Wildman–Crippen LogP) is 3.72. The summed E-state index contributed by atoms with van der Waals surface area (Å²) in [5.74, 6) is 1.25. The molecule has 0 saturated carbocycles. The highest BCUT2D eigenvalue weighted by Gasteiger charge is 2.31. The lowest BCUT2D eigenvalue weighted by Crippen LogP contribution is -2.40. The maximum atomic E-state index is 13.0. The van der Waals surface area contributed by atoms with Gasteiger partial charge in [-0.25, -0.2) is 0 Å². The molecular weight excluding hydrogens is 390 g/mol. The van der Waals surface area contributed by atoms with Crippen molar-refractivity contribution in [3.63, 3.8) is 0 Å². The fraction of sp³-hybridized carbons (Fsp3) is 0.364. The number of rotatable bonds is 3. The minimum absolute atomic E-state index is 0.0534. The van der Waals surface area contributed by atoms with E-state index in [1.807, 2.05) is 35.9 Å². The lowest BCUT2D eigenvalue weighted by molar-refractivity contribution is 0.0281. The van der Waals surface area contributed by atoms with E-state index in [0.29, 0.717) is 38.6 Å². The highest BCUT2D eigenvalue weighted by atomic mass is 35.5. The molecule has 0 spiro atoms. The number of benzene rings is 1. The molecule has 1 aliphatic carbocycles. The van der Waals surface area contributed by atoms with Crippen molar-refractivity contribution in [3.8, 4) is 11.3 Å². The second-order valence-electron chi connectivity index (χ2n) is 7.59. The number of hydrogen-bond donors (Lipinski definition) is 0. The van der Waals surface area contributed by atoms with Crippen molar-refractivity contribution in [2.75, 3.05) is 26.3 Å². The summed E-state index contributed by atoms with van der Waals surface area (Å²) in [6.45, 7) is 4.99. The molecule has 0 unspecified atom stereocenters. The minimum atomic E-state index is -0.0534. The number of ether oxygens (including phenoxy) is 1. The lowest BCUT2D eigenvalue weighted by Gasteiger charge is -2.26. The van der Waals surface area contributed by atoms with Gasteiger partial charge >= 0.3 is 0 Å². The molecular formula is C22H22ClN3O3. The third kappa shape index (κ3) is 3.36. The highest BCUT2D eigenvalue weighted by Crippen LogP contribution is 2.38. The van der Waals surface area contributed by atoms with Crippen LogP contribution in [-0.4, -0.2) is 46.9 Å². The van der Waals surface area contributed by atoms with Crippen LogP contribution in [0.25, 0.3) is 11.3 Å². The Bertz CT molecular complexity index is 1060. The van der Waals surface area contributed by atoms with Crippen molar-refractivity contribution in [1.29, 1.82) is 0 Å².